The normalized spacial score (nSPS) is 20.6. The molecule has 0 saturated heterocycles. The molecule has 5 heteroatoms. The number of hydrogen-bond acceptors (Lipinski definition) is 4. The Labute approximate surface area is 149 Å². The van der Waals surface area contributed by atoms with E-state index in [-0.39, 0.29) is 29.6 Å². The number of rotatable bonds is 9. The van der Waals surface area contributed by atoms with Gasteiger partial charge in [-0.25, -0.2) is 0 Å². The van der Waals surface area contributed by atoms with Gasteiger partial charge < -0.3 is 14.6 Å². The van der Waals surface area contributed by atoms with Gasteiger partial charge in [0, 0.05) is 11.9 Å². The minimum atomic E-state index is -1.16. The first kappa shape index (κ1) is 20.7. The summed E-state index contributed by atoms with van der Waals surface area (Å²) < 4.78 is 5.20. The fourth-order valence-corrected chi connectivity index (χ4v) is 2.50. The molecule has 1 aliphatic carbocycles. The maximum absolute atomic E-state index is 11.9. The third kappa shape index (κ3) is 8.03. The standard InChI is InChI=1S/C16H26O4.Na/c1-2-3-4-5-6-9-12-20-16(19)14-11-8-7-10-13(14)15(17)18;/h7-8,13-14H,2-6,9-12H2,1H3,(H,17,18);/q;+1/p-1. The number of hydrogen-bond donors (Lipinski definition) is 0. The van der Waals surface area contributed by atoms with Gasteiger partial charge in [0.15, 0.2) is 0 Å². The molecule has 114 valence electrons. The third-order valence-electron chi connectivity index (χ3n) is 3.78. The van der Waals surface area contributed by atoms with Crippen molar-refractivity contribution in [3.05, 3.63) is 12.2 Å². The number of carbonyl (C=O) groups is 2. The van der Waals surface area contributed by atoms with Gasteiger partial charge in [0.05, 0.1) is 12.5 Å². The van der Waals surface area contributed by atoms with Crippen molar-refractivity contribution in [1.82, 2.24) is 0 Å². The molecule has 4 nitrogen and oxygen atoms in total. The monoisotopic (exact) mass is 304 g/mol. The van der Waals surface area contributed by atoms with E-state index >= 15 is 0 Å². The second-order valence-electron chi connectivity index (χ2n) is 5.41. The molecule has 0 saturated carbocycles. The molecule has 0 N–H and O–H groups in total. The predicted molar refractivity (Wildman–Crippen MR) is 74.7 cm³/mol. The van der Waals surface area contributed by atoms with Crippen LogP contribution in [0.2, 0.25) is 0 Å². The number of aliphatic carboxylic acids is 1. The van der Waals surface area contributed by atoms with Crippen molar-refractivity contribution in [1.29, 1.82) is 0 Å². The zero-order chi connectivity index (χ0) is 14.8. The number of allylic oxidation sites excluding steroid dienone is 2. The molecule has 0 fully saturated rings. The third-order valence-corrected chi connectivity index (χ3v) is 3.78. The molecule has 1 rings (SSSR count). The van der Waals surface area contributed by atoms with Gasteiger partial charge in [-0.15, -0.1) is 0 Å². The minimum Gasteiger partial charge on any atom is -0.550 e. The maximum Gasteiger partial charge on any atom is 1.00 e. The van der Waals surface area contributed by atoms with Crippen LogP contribution in [0.15, 0.2) is 12.2 Å². The summed E-state index contributed by atoms with van der Waals surface area (Å²) in [5, 5.41) is 11.0. The molecule has 0 aromatic carbocycles. The van der Waals surface area contributed by atoms with Gasteiger partial charge in [-0.2, -0.15) is 0 Å². The van der Waals surface area contributed by atoms with E-state index in [9.17, 15) is 14.7 Å². The summed E-state index contributed by atoms with van der Waals surface area (Å²) in [5.74, 6) is -2.87. The van der Waals surface area contributed by atoms with Gasteiger partial charge in [-0.3, -0.25) is 4.79 Å². The summed E-state index contributed by atoms with van der Waals surface area (Å²) in [7, 11) is 0. The van der Waals surface area contributed by atoms with Crippen LogP contribution < -0.4 is 34.7 Å². The van der Waals surface area contributed by atoms with E-state index in [1.165, 1.54) is 25.7 Å². The molecule has 0 amide bonds. The molecular weight excluding hydrogens is 279 g/mol. The van der Waals surface area contributed by atoms with Crippen LogP contribution in [0.1, 0.15) is 58.3 Å². The zero-order valence-corrected chi connectivity index (χ0v) is 15.3. The van der Waals surface area contributed by atoms with E-state index in [4.69, 9.17) is 4.74 Å². The van der Waals surface area contributed by atoms with Crippen LogP contribution >= 0.6 is 0 Å². The minimum absolute atomic E-state index is 0. The molecule has 0 aromatic rings. The Morgan fingerprint density at radius 2 is 1.62 bits per heavy atom. The quantitative estimate of drug-likeness (QED) is 0.243. The van der Waals surface area contributed by atoms with Gasteiger partial charge in [-0.1, -0.05) is 51.2 Å². The van der Waals surface area contributed by atoms with Crippen LogP contribution in [0.25, 0.3) is 0 Å². The van der Waals surface area contributed by atoms with Crippen molar-refractivity contribution < 1.29 is 49.0 Å². The Hall–Kier alpha value is -0.320. The number of esters is 1. The van der Waals surface area contributed by atoms with Crippen LogP contribution in [0, 0.1) is 11.8 Å². The van der Waals surface area contributed by atoms with Crippen LogP contribution in [0.3, 0.4) is 0 Å². The molecule has 0 bridgehead atoms. The van der Waals surface area contributed by atoms with Crippen molar-refractivity contribution >= 4 is 11.9 Å². The molecule has 0 aromatic heterocycles. The van der Waals surface area contributed by atoms with E-state index in [1.54, 1.807) is 6.08 Å². The van der Waals surface area contributed by atoms with Crippen LogP contribution in [-0.2, 0) is 14.3 Å². The summed E-state index contributed by atoms with van der Waals surface area (Å²) >= 11 is 0. The van der Waals surface area contributed by atoms with Crippen molar-refractivity contribution in [3.8, 4) is 0 Å². The molecule has 2 unspecified atom stereocenters. The van der Waals surface area contributed by atoms with Gasteiger partial charge in [0.1, 0.15) is 0 Å². The molecule has 2 atom stereocenters. The second-order valence-corrected chi connectivity index (χ2v) is 5.41. The maximum atomic E-state index is 11.9. The fourth-order valence-electron chi connectivity index (χ4n) is 2.50. The number of unbranched alkanes of at least 4 members (excludes halogenated alkanes) is 5. The van der Waals surface area contributed by atoms with E-state index < -0.39 is 23.8 Å². The Bertz CT molecular complexity index is 341. The topological polar surface area (TPSA) is 66.4 Å². The number of carbonyl (C=O) groups excluding carboxylic acids is 2. The summed E-state index contributed by atoms with van der Waals surface area (Å²) in [6.07, 6.45) is 11.2. The van der Waals surface area contributed by atoms with Crippen LogP contribution in [0.4, 0.5) is 0 Å². The average molecular weight is 304 g/mol. The Kier molecular flexibility index (Phi) is 12.1. The number of carboxylic acids is 1. The SMILES string of the molecule is CCCCCCCCOC(=O)C1CC=CCC1C(=O)[O-].[Na+]. The predicted octanol–water partition coefficient (Wildman–Crippen LogP) is -0.774. The van der Waals surface area contributed by atoms with Crippen LogP contribution in [0.5, 0.6) is 0 Å². The summed E-state index contributed by atoms with van der Waals surface area (Å²) in [5.41, 5.74) is 0. The van der Waals surface area contributed by atoms with E-state index in [2.05, 4.69) is 6.92 Å². The van der Waals surface area contributed by atoms with Crippen molar-refractivity contribution in [3.63, 3.8) is 0 Å². The Morgan fingerprint density at radius 3 is 2.24 bits per heavy atom. The second kappa shape index (κ2) is 12.2. The van der Waals surface area contributed by atoms with Gasteiger partial charge in [0.25, 0.3) is 0 Å². The first-order valence-electron chi connectivity index (χ1n) is 7.69. The summed E-state index contributed by atoms with van der Waals surface area (Å²) in [6, 6.07) is 0. The summed E-state index contributed by atoms with van der Waals surface area (Å²) in [6.45, 7) is 2.57. The molecule has 0 spiro atoms. The number of carboxylic acid groups (broad SMARTS) is 1. The smallest absolute Gasteiger partial charge is 0.550 e. The van der Waals surface area contributed by atoms with E-state index in [0.29, 0.717) is 19.4 Å². The number of ether oxygens (including phenoxy) is 1. The molecule has 1 aliphatic rings. The van der Waals surface area contributed by atoms with Crippen molar-refractivity contribution in [2.45, 2.75) is 58.3 Å². The molecular formula is C16H25NaO4. The van der Waals surface area contributed by atoms with Gasteiger partial charge >= 0.3 is 35.5 Å². The van der Waals surface area contributed by atoms with Gasteiger partial charge in [-0.05, 0) is 19.3 Å². The molecule has 21 heavy (non-hydrogen) atoms. The molecule has 0 radical (unpaired) electrons. The largest absolute Gasteiger partial charge is 1.00 e. The van der Waals surface area contributed by atoms with Crippen LogP contribution in [-0.4, -0.2) is 18.5 Å². The molecule has 0 aliphatic heterocycles. The molecule has 0 heterocycles. The fraction of sp³-hybridized carbons (Fsp3) is 0.750. The van der Waals surface area contributed by atoms with Crippen molar-refractivity contribution in [2.75, 3.05) is 6.61 Å². The zero-order valence-electron chi connectivity index (χ0n) is 13.3. The first-order valence-corrected chi connectivity index (χ1v) is 7.69. The van der Waals surface area contributed by atoms with E-state index in [1.807, 2.05) is 6.08 Å². The summed E-state index contributed by atoms with van der Waals surface area (Å²) in [4.78, 5) is 22.9. The Morgan fingerprint density at radius 1 is 1.05 bits per heavy atom. The first-order chi connectivity index (χ1) is 9.66. The average Bonchev–Trinajstić information content (AvgIpc) is 2.46. The Balaban J connectivity index is 0.00000400. The van der Waals surface area contributed by atoms with Crippen molar-refractivity contribution in [2.24, 2.45) is 11.8 Å². The van der Waals surface area contributed by atoms with Gasteiger partial charge in [0.2, 0.25) is 0 Å². The van der Waals surface area contributed by atoms with E-state index in [0.717, 1.165) is 12.8 Å².